The second-order valence-electron chi connectivity index (χ2n) is 4.86. The van der Waals surface area contributed by atoms with Gasteiger partial charge in [-0.1, -0.05) is 0 Å². The standard InChI is InChI=1S/C12H20N2O3/c1-17-12(16)10(8-2-3-8)13-6-7-14-11(15)9-4-5-9/h8-10,13H,2-7H2,1H3,(H,14,15). The molecule has 0 saturated heterocycles. The van der Waals surface area contributed by atoms with Crippen LogP contribution in [0.5, 0.6) is 0 Å². The van der Waals surface area contributed by atoms with Crippen LogP contribution in [-0.2, 0) is 14.3 Å². The first kappa shape index (κ1) is 12.4. The lowest BCUT2D eigenvalue weighted by atomic mass is 10.2. The highest BCUT2D eigenvalue weighted by Gasteiger charge is 2.36. The Labute approximate surface area is 101 Å². The zero-order valence-electron chi connectivity index (χ0n) is 10.2. The minimum atomic E-state index is -0.196. The molecule has 0 heterocycles. The summed E-state index contributed by atoms with van der Waals surface area (Å²) in [5, 5.41) is 6.02. The largest absolute Gasteiger partial charge is 0.468 e. The molecule has 2 fully saturated rings. The minimum Gasteiger partial charge on any atom is -0.468 e. The summed E-state index contributed by atoms with van der Waals surface area (Å²) in [6.07, 6.45) is 4.21. The van der Waals surface area contributed by atoms with Crippen LogP contribution in [-0.4, -0.2) is 38.1 Å². The number of hydrogen-bond acceptors (Lipinski definition) is 4. The molecule has 0 bridgehead atoms. The van der Waals surface area contributed by atoms with Crippen molar-refractivity contribution >= 4 is 11.9 Å². The first-order valence-corrected chi connectivity index (χ1v) is 6.31. The predicted molar refractivity (Wildman–Crippen MR) is 62.3 cm³/mol. The Balaban J connectivity index is 1.61. The lowest BCUT2D eigenvalue weighted by Crippen LogP contribution is -2.43. The van der Waals surface area contributed by atoms with Gasteiger partial charge in [0.05, 0.1) is 7.11 Å². The molecule has 2 rings (SSSR count). The number of methoxy groups -OCH3 is 1. The van der Waals surface area contributed by atoms with Crippen molar-refractivity contribution in [2.75, 3.05) is 20.2 Å². The zero-order chi connectivity index (χ0) is 12.3. The van der Waals surface area contributed by atoms with E-state index in [0.717, 1.165) is 25.7 Å². The van der Waals surface area contributed by atoms with Crippen molar-refractivity contribution in [2.24, 2.45) is 11.8 Å². The number of hydrogen-bond donors (Lipinski definition) is 2. The van der Waals surface area contributed by atoms with Gasteiger partial charge >= 0.3 is 5.97 Å². The molecule has 17 heavy (non-hydrogen) atoms. The summed E-state index contributed by atoms with van der Waals surface area (Å²) < 4.78 is 4.75. The molecule has 0 radical (unpaired) electrons. The number of carbonyl (C=O) groups excluding carboxylic acids is 2. The molecule has 2 aliphatic carbocycles. The molecule has 5 nitrogen and oxygen atoms in total. The van der Waals surface area contributed by atoms with Gasteiger partial charge < -0.3 is 15.4 Å². The van der Waals surface area contributed by atoms with Crippen molar-refractivity contribution in [3.8, 4) is 0 Å². The first-order chi connectivity index (χ1) is 8.22. The number of carbonyl (C=O) groups is 2. The molecule has 1 unspecified atom stereocenters. The van der Waals surface area contributed by atoms with Crippen LogP contribution in [0.1, 0.15) is 25.7 Å². The topological polar surface area (TPSA) is 67.4 Å². The SMILES string of the molecule is COC(=O)C(NCCNC(=O)C1CC1)C1CC1. The Morgan fingerprint density at radius 3 is 2.47 bits per heavy atom. The lowest BCUT2D eigenvalue weighted by molar-refractivity contribution is -0.143. The van der Waals surface area contributed by atoms with Gasteiger partial charge in [-0.2, -0.15) is 0 Å². The molecule has 2 N–H and O–H groups in total. The maximum absolute atomic E-state index is 11.5. The maximum atomic E-state index is 11.5. The molecule has 2 saturated carbocycles. The molecule has 0 aromatic rings. The second kappa shape index (κ2) is 5.49. The second-order valence-corrected chi connectivity index (χ2v) is 4.86. The summed E-state index contributed by atoms with van der Waals surface area (Å²) >= 11 is 0. The first-order valence-electron chi connectivity index (χ1n) is 6.31. The highest BCUT2D eigenvalue weighted by molar-refractivity contribution is 5.80. The van der Waals surface area contributed by atoms with Gasteiger partial charge in [0.1, 0.15) is 6.04 Å². The van der Waals surface area contributed by atoms with Crippen molar-refractivity contribution < 1.29 is 14.3 Å². The molecule has 5 heteroatoms. The number of esters is 1. The Hall–Kier alpha value is -1.10. The van der Waals surface area contributed by atoms with Crippen LogP contribution in [0.25, 0.3) is 0 Å². The lowest BCUT2D eigenvalue weighted by Gasteiger charge is -2.15. The quantitative estimate of drug-likeness (QED) is 0.487. The van der Waals surface area contributed by atoms with Gasteiger partial charge in [0.2, 0.25) is 5.91 Å². The third-order valence-electron chi connectivity index (χ3n) is 3.29. The van der Waals surface area contributed by atoms with Crippen molar-refractivity contribution in [1.82, 2.24) is 10.6 Å². The van der Waals surface area contributed by atoms with E-state index in [-0.39, 0.29) is 23.8 Å². The van der Waals surface area contributed by atoms with Crippen LogP contribution in [0.2, 0.25) is 0 Å². The molecule has 0 aromatic carbocycles. The smallest absolute Gasteiger partial charge is 0.323 e. The fourth-order valence-electron chi connectivity index (χ4n) is 1.90. The molecular weight excluding hydrogens is 220 g/mol. The van der Waals surface area contributed by atoms with E-state index in [4.69, 9.17) is 4.74 Å². The summed E-state index contributed by atoms with van der Waals surface area (Å²) in [4.78, 5) is 22.8. The summed E-state index contributed by atoms with van der Waals surface area (Å²) in [7, 11) is 1.41. The van der Waals surface area contributed by atoms with Crippen LogP contribution < -0.4 is 10.6 Å². The summed E-state index contributed by atoms with van der Waals surface area (Å²) in [5.41, 5.74) is 0. The Bertz CT molecular complexity index is 298. The van der Waals surface area contributed by atoms with E-state index >= 15 is 0 Å². The van der Waals surface area contributed by atoms with Crippen molar-refractivity contribution in [2.45, 2.75) is 31.7 Å². The molecule has 0 aliphatic heterocycles. The summed E-state index contributed by atoms with van der Waals surface area (Å²) in [5.74, 6) is 0.616. The van der Waals surface area contributed by atoms with Crippen LogP contribution in [0.3, 0.4) is 0 Å². The van der Waals surface area contributed by atoms with Gasteiger partial charge in [-0.15, -0.1) is 0 Å². The van der Waals surface area contributed by atoms with Crippen molar-refractivity contribution in [3.05, 3.63) is 0 Å². The maximum Gasteiger partial charge on any atom is 0.323 e. The van der Waals surface area contributed by atoms with Gasteiger partial charge in [-0.25, -0.2) is 0 Å². The molecule has 0 aromatic heterocycles. The molecule has 2 aliphatic rings. The Morgan fingerprint density at radius 2 is 1.94 bits per heavy atom. The monoisotopic (exact) mass is 240 g/mol. The number of amides is 1. The van der Waals surface area contributed by atoms with E-state index in [9.17, 15) is 9.59 Å². The van der Waals surface area contributed by atoms with Crippen LogP contribution in [0, 0.1) is 11.8 Å². The van der Waals surface area contributed by atoms with Crippen molar-refractivity contribution in [3.63, 3.8) is 0 Å². The number of rotatable bonds is 7. The van der Waals surface area contributed by atoms with E-state index in [1.165, 1.54) is 7.11 Å². The van der Waals surface area contributed by atoms with Gasteiger partial charge in [-0.05, 0) is 31.6 Å². The van der Waals surface area contributed by atoms with Crippen LogP contribution in [0.15, 0.2) is 0 Å². The average Bonchev–Trinajstić information content (AvgIpc) is 3.19. The third kappa shape index (κ3) is 3.70. The third-order valence-corrected chi connectivity index (χ3v) is 3.29. The molecule has 1 atom stereocenters. The highest BCUT2D eigenvalue weighted by atomic mass is 16.5. The van der Waals surface area contributed by atoms with Crippen molar-refractivity contribution in [1.29, 1.82) is 0 Å². The molecule has 1 amide bonds. The van der Waals surface area contributed by atoms with Gasteiger partial charge in [0.15, 0.2) is 0 Å². The van der Waals surface area contributed by atoms with E-state index in [1.807, 2.05) is 0 Å². The predicted octanol–water partition coefficient (Wildman–Crippen LogP) is 0.0538. The normalized spacial score (nSPS) is 20.8. The van der Waals surface area contributed by atoms with E-state index < -0.39 is 0 Å². The van der Waals surface area contributed by atoms with Crippen LogP contribution in [0.4, 0.5) is 0 Å². The minimum absolute atomic E-state index is 0.146. The number of nitrogens with one attached hydrogen (secondary N) is 2. The zero-order valence-corrected chi connectivity index (χ0v) is 10.2. The van der Waals surface area contributed by atoms with E-state index in [0.29, 0.717) is 19.0 Å². The highest BCUT2D eigenvalue weighted by Crippen LogP contribution is 2.33. The van der Waals surface area contributed by atoms with Crippen LogP contribution >= 0.6 is 0 Å². The van der Waals surface area contributed by atoms with E-state index in [1.54, 1.807) is 0 Å². The Kier molecular flexibility index (Phi) is 3.99. The fourth-order valence-corrected chi connectivity index (χ4v) is 1.90. The summed E-state index contributed by atoms with van der Waals surface area (Å²) in [6, 6.07) is -0.196. The van der Waals surface area contributed by atoms with Gasteiger partial charge in [0, 0.05) is 19.0 Å². The molecule has 96 valence electrons. The van der Waals surface area contributed by atoms with E-state index in [2.05, 4.69) is 10.6 Å². The average molecular weight is 240 g/mol. The molecular formula is C12H20N2O3. The van der Waals surface area contributed by atoms with Gasteiger partial charge in [-0.3, -0.25) is 9.59 Å². The fraction of sp³-hybridized carbons (Fsp3) is 0.833. The number of ether oxygens (including phenoxy) is 1. The van der Waals surface area contributed by atoms with Gasteiger partial charge in [0.25, 0.3) is 0 Å². The molecule has 0 spiro atoms. The Morgan fingerprint density at radius 1 is 1.24 bits per heavy atom. The summed E-state index contributed by atoms with van der Waals surface area (Å²) in [6.45, 7) is 1.20.